The molecule has 5 nitrogen and oxygen atoms in total. The maximum Gasteiger partial charge on any atom is 0.358 e. The van der Waals surface area contributed by atoms with Crippen LogP contribution in [0.1, 0.15) is 19.8 Å². The Morgan fingerprint density at radius 2 is 2.29 bits per heavy atom. The molecule has 82 valence electrons. The van der Waals surface area contributed by atoms with Crippen LogP contribution in [0.25, 0.3) is 0 Å². The molecule has 0 aliphatic carbocycles. The minimum Gasteiger partial charge on any atom is -0.468 e. The van der Waals surface area contributed by atoms with Crippen molar-refractivity contribution in [3.05, 3.63) is 0 Å². The van der Waals surface area contributed by atoms with Crippen LogP contribution in [-0.2, 0) is 4.74 Å². The first-order valence-electron chi connectivity index (χ1n) is 4.39. The first-order chi connectivity index (χ1) is 6.65. The van der Waals surface area contributed by atoms with E-state index in [0.29, 0.717) is 6.54 Å². The van der Waals surface area contributed by atoms with Gasteiger partial charge in [-0.05, 0) is 18.4 Å². The molecule has 14 heavy (non-hydrogen) atoms. The number of carbonyl (C=O) groups is 1. The molecule has 6 heteroatoms. The molecule has 0 aromatic carbocycles. The van der Waals surface area contributed by atoms with Crippen LogP contribution in [0, 0.1) is 0 Å². The van der Waals surface area contributed by atoms with Crippen LogP contribution in [-0.4, -0.2) is 36.3 Å². The molecule has 0 radical (unpaired) electrons. The topological polar surface area (TPSA) is 67.9 Å². The number of amides is 2. The monoisotopic (exact) mass is 219 g/mol. The lowest BCUT2D eigenvalue weighted by molar-refractivity contribution is 0.234. The van der Waals surface area contributed by atoms with Gasteiger partial charge in [0, 0.05) is 12.8 Å². The molecule has 0 spiro atoms. The summed E-state index contributed by atoms with van der Waals surface area (Å²) in [5.74, 6) is 0. The summed E-state index contributed by atoms with van der Waals surface area (Å²) in [7, 11) is 1.38. The van der Waals surface area contributed by atoms with E-state index in [1.165, 1.54) is 19.1 Å². The molecule has 0 saturated heterocycles. The highest BCUT2D eigenvalue weighted by Crippen LogP contribution is 2.09. The number of carbonyl (C=O) groups excluding carboxylic acids is 1. The standard InChI is InChI=1S/C8H17N3O2S/c1-4-5-6-11(14-3)8(12)10-7(9)13-2/h4-6H2,1-3H3,(H2,9,10,12). The predicted molar refractivity (Wildman–Crippen MR) is 59.2 cm³/mol. The van der Waals surface area contributed by atoms with Crippen molar-refractivity contribution < 1.29 is 9.53 Å². The Kier molecular flexibility index (Phi) is 7.00. The average molecular weight is 219 g/mol. The molecule has 0 atom stereocenters. The zero-order valence-corrected chi connectivity index (χ0v) is 9.63. The summed E-state index contributed by atoms with van der Waals surface area (Å²) < 4.78 is 6.14. The number of methoxy groups -OCH3 is 1. The summed E-state index contributed by atoms with van der Waals surface area (Å²) in [6, 6.07) is -0.476. The van der Waals surface area contributed by atoms with Gasteiger partial charge in [0.25, 0.3) is 6.02 Å². The highest BCUT2D eigenvalue weighted by Gasteiger charge is 2.11. The van der Waals surface area contributed by atoms with Crippen molar-refractivity contribution in [2.75, 3.05) is 19.9 Å². The molecule has 0 saturated carbocycles. The number of amidine groups is 1. The molecule has 0 aliphatic heterocycles. The highest BCUT2D eigenvalue weighted by molar-refractivity contribution is 7.96. The zero-order valence-electron chi connectivity index (χ0n) is 8.82. The first-order valence-corrected chi connectivity index (χ1v) is 5.57. The average Bonchev–Trinajstić information content (AvgIpc) is 2.18. The first kappa shape index (κ1) is 13.1. The lowest BCUT2D eigenvalue weighted by atomic mass is 10.3. The van der Waals surface area contributed by atoms with Crippen molar-refractivity contribution in [2.45, 2.75) is 19.8 Å². The third-order valence-corrected chi connectivity index (χ3v) is 2.34. The van der Waals surface area contributed by atoms with Gasteiger partial charge in [-0.25, -0.2) is 4.79 Å². The van der Waals surface area contributed by atoms with Gasteiger partial charge in [0.1, 0.15) is 0 Å². The SMILES string of the molecule is CCCCN(SC)C(=O)/N=C(/N)OC. The fraction of sp³-hybridized carbons (Fsp3) is 0.750. The molecule has 2 N–H and O–H groups in total. The summed E-state index contributed by atoms with van der Waals surface area (Å²) in [5.41, 5.74) is 5.27. The van der Waals surface area contributed by atoms with E-state index < -0.39 is 0 Å². The Morgan fingerprint density at radius 1 is 1.64 bits per heavy atom. The minimum atomic E-state index is -0.370. The van der Waals surface area contributed by atoms with Crippen molar-refractivity contribution in [3.8, 4) is 0 Å². The Bertz CT molecular complexity index is 209. The van der Waals surface area contributed by atoms with Crippen LogP contribution in [0.15, 0.2) is 4.99 Å². The lowest BCUT2D eigenvalue weighted by Gasteiger charge is -2.15. The van der Waals surface area contributed by atoms with Crippen LogP contribution >= 0.6 is 11.9 Å². The maximum atomic E-state index is 11.4. The van der Waals surface area contributed by atoms with Gasteiger partial charge < -0.3 is 10.5 Å². The Labute approximate surface area is 88.8 Å². The smallest absolute Gasteiger partial charge is 0.358 e. The highest BCUT2D eigenvalue weighted by atomic mass is 32.2. The van der Waals surface area contributed by atoms with Crippen LogP contribution < -0.4 is 5.73 Å². The fourth-order valence-corrected chi connectivity index (χ4v) is 1.27. The number of aliphatic imine (C=N–C) groups is 1. The van der Waals surface area contributed by atoms with Gasteiger partial charge in [-0.1, -0.05) is 13.3 Å². The molecule has 2 amide bonds. The van der Waals surface area contributed by atoms with E-state index in [2.05, 4.69) is 16.7 Å². The maximum absolute atomic E-state index is 11.4. The number of hydrogen-bond acceptors (Lipinski definition) is 3. The summed E-state index contributed by atoms with van der Waals surface area (Å²) in [5, 5.41) is 0. The number of hydrogen-bond donors (Lipinski definition) is 1. The third-order valence-electron chi connectivity index (χ3n) is 1.56. The number of ether oxygens (including phenoxy) is 1. The summed E-state index contributed by atoms with van der Waals surface area (Å²) in [6.45, 7) is 2.74. The number of nitrogens with zero attached hydrogens (tertiary/aromatic N) is 2. The second-order valence-electron chi connectivity index (χ2n) is 2.57. The normalized spacial score (nSPS) is 11.2. The molecule has 0 fully saturated rings. The van der Waals surface area contributed by atoms with Gasteiger partial charge in [0.2, 0.25) is 0 Å². The summed E-state index contributed by atoms with van der Waals surface area (Å²) >= 11 is 1.34. The lowest BCUT2D eigenvalue weighted by Crippen LogP contribution is -2.25. The summed E-state index contributed by atoms with van der Waals surface area (Å²) in [6.07, 6.45) is 3.81. The second-order valence-corrected chi connectivity index (χ2v) is 3.38. The molecule has 0 unspecified atom stereocenters. The van der Waals surface area contributed by atoms with Crippen molar-refractivity contribution >= 4 is 24.0 Å². The van der Waals surface area contributed by atoms with E-state index in [1.54, 1.807) is 4.31 Å². The largest absolute Gasteiger partial charge is 0.468 e. The van der Waals surface area contributed by atoms with Gasteiger partial charge in [-0.3, -0.25) is 4.31 Å². The zero-order chi connectivity index (χ0) is 11.0. The van der Waals surface area contributed by atoms with Gasteiger partial charge in [0.05, 0.1) is 7.11 Å². The van der Waals surface area contributed by atoms with Crippen molar-refractivity contribution in [1.82, 2.24) is 4.31 Å². The molecule has 0 aromatic rings. The molecule has 0 bridgehead atoms. The fourth-order valence-electron chi connectivity index (χ4n) is 0.762. The number of nitrogens with two attached hydrogens (primary N) is 1. The van der Waals surface area contributed by atoms with Crippen molar-refractivity contribution in [1.29, 1.82) is 0 Å². The predicted octanol–water partition coefficient (Wildman–Crippen LogP) is 1.45. The van der Waals surface area contributed by atoms with E-state index >= 15 is 0 Å². The Balaban J connectivity index is 4.17. The van der Waals surface area contributed by atoms with Gasteiger partial charge >= 0.3 is 6.03 Å². The van der Waals surface area contributed by atoms with Gasteiger partial charge in [0.15, 0.2) is 0 Å². The van der Waals surface area contributed by atoms with Gasteiger partial charge in [-0.2, -0.15) is 0 Å². The van der Waals surface area contributed by atoms with Crippen LogP contribution in [0.2, 0.25) is 0 Å². The van der Waals surface area contributed by atoms with Crippen LogP contribution in [0.4, 0.5) is 4.79 Å². The Morgan fingerprint density at radius 3 is 2.71 bits per heavy atom. The minimum absolute atomic E-state index is 0.106. The second kappa shape index (κ2) is 7.49. The molecular weight excluding hydrogens is 202 g/mol. The van der Waals surface area contributed by atoms with E-state index in [9.17, 15) is 4.79 Å². The van der Waals surface area contributed by atoms with E-state index in [1.807, 2.05) is 6.26 Å². The van der Waals surface area contributed by atoms with E-state index in [4.69, 9.17) is 5.73 Å². The van der Waals surface area contributed by atoms with Crippen LogP contribution in [0.5, 0.6) is 0 Å². The molecule has 0 aliphatic rings. The molecule has 0 aromatic heterocycles. The molecule has 0 heterocycles. The quantitative estimate of drug-likeness (QED) is 0.441. The van der Waals surface area contributed by atoms with Gasteiger partial charge in [-0.15, -0.1) is 4.99 Å². The van der Waals surface area contributed by atoms with Crippen molar-refractivity contribution in [3.63, 3.8) is 0 Å². The number of unbranched alkanes of at least 4 members (excludes halogenated alkanes) is 1. The number of rotatable bonds is 4. The van der Waals surface area contributed by atoms with E-state index in [-0.39, 0.29) is 12.1 Å². The molecule has 0 rings (SSSR count). The summed E-state index contributed by atoms with van der Waals surface area (Å²) in [4.78, 5) is 15.0. The third kappa shape index (κ3) is 4.96. The Hall–Kier alpha value is -0.910. The van der Waals surface area contributed by atoms with E-state index in [0.717, 1.165) is 12.8 Å². The molecular formula is C8H17N3O2S. The van der Waals surface area contributed by atoms with Crippen molar-refractivity contribution in [2.24, 2.45) is 10.7 Å². The number of urea groups is 1. The van der Waals surface area contributed by atoms with Crippen LogP contribution in [0.3, 0.4) is 0 Å².